The molecule has 0 bridgehead atoms. The van der Waals surface area contributed by atoms with Crippen molar-refractivity contribution in [1.82, 2.24) is 10.3 Å². The Bertz CT molecular complexity index is 828. The molecule has 0 radical (unpaired) electrons. The van der Waals surface area contributed by atoms with E-state index in [1.807, 2.05) is 36.6 Å². The Kier molecular flexibility index (Phi) is 4.86. The van der Waals surface area contributed by atoms with E-state index in [0.29, 0.717) is 11.7 Å². The van der Waals surface area contributed by atoms with Crippen molar-refractivity contribution < 1.29 is 9.18 Å². The Balaban J connectivity index is 1.57. The fraction of sp³-hybridized carbons (Fsp3) is 0.111. The number of aromatic nitrogens is 1. The number of amides is 2. The van der Waals surface area contributed by atoms with Crippen molar-refractivity contribution in [2.24, 2.45) is 0 Å². The van der Waals surface area contributed by atoms with E-state index < -0.39 is 0 Å². The van der Waals surface area contributed by atoms with Gasteiger partial charge in [0.15, 0.2) is 5.13 Å². The van der Waals surface area contributed by atoms with Gasteiger partial charge >= 0.3 is 6.03 Å². The molecule has 1 heterocycles. The minimum Gasteiger partial charge on any atom is -0.334 e. The van der Waals surface area contributed by atoms with Crippen LogP contribution in [0.2, 0.25) is 0 Å². The third-order valence-electron chi connectivity index (χ3n) is 3.44. The summed E-state index contributed by atoms with van der Waals surface area (Å²) in [7, 11) is 0. The molecule has 2 N–H and O–H groups in total. The molecule has 3 rings (SSSR count). The Morgan fingerprint density at radius 2 is 1.83 bits per heavy atom. The summed E-state index contributed by atoms with van der Waals surface area (Å²) in [5.41, 5.74) is 3.85. The first-order valence-electron chi connectivity index (χ1n) is 7.42. The summed E-state index contributed by atoms with van der Waals surface area (Å²) in [5.74, 6) is -0.297. The number of hydrogen-bond donors (Lipinski definition) is 2. The second-order valence-corrected chi connectivity index (χ2v) is 6.20. The quantitative estimate of drug-likeness (QED) is 0.730. The fourth-order valence-corrected chi connectivity index (χ4v) is 2.83. The lowest BCUT2D eigenvalue weighted by Crippen LogP contribution is -2.28. The van der Waals surface area contributed by atoms with E-state index in [-0.39, 0.29) is 11.8 Å². The Labute approximate surface area is 143 Å². The van der Waals surface area contributed by atoms with Crippen LogP contribution < -0.4 is 10.6 Å². The summed E-state index contributed by atoms with van der Waals surface area (Å²) in [5, 5.41) is 7.86. The van der Waals surface area contributed by atoms with Gasteiger partial charge in [-0.1, -0.05) is 42.0 Å². The molecule has 0 aliphatic carbocycles. The van der Waals surface area contributed by atoms with Crippen LogP contribution in [0.25, 0.3) is 11.3 Å². The third kappa shape index (κ3) is 4.17. The van der Waals surface area contributed by atoms with Gasteiger partial charge in [0.25, 0.3) is 0 Å². The van der Waals surface area contributed by atoms with Crippen LogP contribution >= 0.6 is 11.3 Å². The molecule has 0 saturated heterocycles. The number of benzene rings is 2. The summed E-state index contributed by atoms with van der Waals surface area (Å²) in [6.45, 7) is 2.35. The molecule has 3 aromatic rings. The topological polar surface area (TPSA) is 54.0 Å². The lowest BCUT2D eigenvalue weighted by atomic mass is 10.1. The summed E-state index contributed by atoms with van der Waals surface area (Å²) in [6.07, 6.45) is 0. The first kappa shape index (κ1) is 16.1. The summed E-state index contributed by atoms with van der Waals surface area (Å²) < 4.78 is 12.8. The molecule has 0 unspecified atom stereocenters. The van der Waals surface area contributed by atoms with Gasteiger partial charge in [-0.2, -0.15) is 0 Å². The smallest absolute Gasteiger partial charge is 0.321 e. The van der Waals surface area contributed by atoms with E-state index in [9.17, 15) is 9.18 Å². The average molecular weight is 341 g/mol. The Hall–Kier alpha value is -2.73. The van der Waals surface area contributed by atoms with Crippen LogP contribution in [0.15, 0.2) is 53.9 Å². The maximum Gasteiger partial charge on any atom is 0.321 e. The molecular formula is C18H16FN3OS. The number of rotatable bonds is 4. The van der Waals surface area contributed by atoms with E-state index in [4.69, 9.17) is 0 Å². The van der Waals surface area contributed by atoms with Crippen molar-refractivity contribution in [3.05, 3.63) is 70.9 Å². The van der Waals surface area contributed by atoms with Crippen LogP contribution in [0, 0.1) is 12.7 Å². The van der Waals surface area contributed by atoms with Gasteiger partial charge in [-0.3, -0.25) is 5.32 Å². The molecule has 0 aliphatic heterocycles. The summed E-state index contributed by atoms with van der Waals surface area (Å²) in [6, 6.07) is 13.7. The zero-order valence-electron chi connectivity index (χ0n) is 13.0. The van der Waals surface area contributed by atoms with Crippen LogP contribution in [-0.2, 0) is 6.54 Å². The van der Waals surface area contributed by atoms with Gasteiger partial charge in [0.1, 0.15) is 5.82 Å². The van der Waals surface area contributed by atoms with E-state index in [1.165, 1.54) is 29.0 Å². The van der Waals surface area contributed by atoms with Crippen LogP contribution in [0.3, 0.4) is 0 Å². The zero-order valence-corrected chi connectivity index (χ0v) is 13.9. The second kappa shape index (κ2) is 7.23. The van der Waals surface area contributed by atoms with Gasteiger partial charge in [0, 0.05) is 17.5 Å². The highest BCUT2D eigenvalue weighted by atomic mass is 32.1. The molecule has 2 aromatic carbocycles. The number of carbonyl (C=O) groups is 1. The monoisotopic (exact) mass is 341 g/mol. The van der Waals surface area contributed by atoms with Crippen molar-refractivity contribution in [2.45, 2.75) is 13.5 Å². The van der Waals surface area contributed by atoms with E-state index in [1.54, 1.807) is 12.1 Å². The van der Waals surface area contributed by atoms with E-state index in [2.05, 4.69) is 15.6 Å². The number of carbonyl (C=O) groups excluding carboxylic acids is 1. The molecule has 0 fully saturated rings. The maximum atomic E-state index is 12.8. The first-order chi connectivity index (χ1) is 11.6. The minimum atomic E-state index is -0.343. The van der Waals surface area contributed by atoms with Gasteiger partial charge in [0.05, 0.1) is 5.69 Å². The van der Waals surface area contributed by atoms with Crippen molar-refractivity contribution in [3.8, 4) is 11.3 Å². The summed E-state index contributed by atoms with van der Waals surface area (Å²) in [4.78, 5) is 16.3. The van der Waals surface area contributed by atoms with Crippen LogP contribution in [0.1, 0.15) is 11.1 Å². The molecule has 0 atom stereocenters. The standard InChI is InChI=1S/C18H16FN3OS/c1-12-2-6-14(7-3-12)16-11-24-18(21-16)22-17(23)20-10-13-4-8-15(19)9-5-13/h2-9,11H,10H2,1H3,(H2,20,21,22,23). The zero-order chi connectivity index (χ0) is 16.9. The number of nitrogens with one attached hydrogen (secondary N) is 2. The molecule has 0 aliphatic rings. The number of nitrogens with zero attached hydrogens (tertiary/aromatic N) is 1. The highest BCUT2D eigenvalue weighted by Crippen LogP contribution is 2.25. The molecule has 0 spiro atoms. The maximum absolute atomic E-state index is 12.8. The Morgan fingerprint density at radius 3 is 2.54 bits per heavy atom. The van der Waals surface area contributed by atoms with Gasteiger partial charge in [-0.15, -0.1) is 11.3 Å². The number of hydrogen-bond acceptors (Lipinski definition) is 3. The van der Waals surface area contributed by atoms with E-state index in [0.717, 1.165) is 16.8 Å². The van der Waals surface area contributed by atoms with Crippen LogP contribution in [0.5, 0.6) is 0 Å². The largest absolute Gasteiger partial charge is 0.334 e. The molecule has 122 valence electrons. The second-order valence-electron chi connectivity index (χ2n) is 5.34. The molecule has 2 amide bonds. The van der Waals surface area contributed by atoms with Crippen molar-refractivity contribution in [2.75, 3.05) is 5.32 Å². The van der Waals surface area contributed by atoms with Gasteiger partial charge in [-0.25, -0.2) is 14.2 Å². The normalized spacial score (nSPS) is 10.4. The van der Waals surface area contributed by atoms with Crippen LogP contribution in [-0.4, -0.2) is 11.0 Å². The number of thiazole rings is 1. The number of halogens is 1. The van der Waals surface area contributed by atoms with Crippen LogP contribution in [0.4, 0.5) is 14.3 Å². The van der Waals surface area contributed by atoms with Crippen molar-refractivity contribution in [1.29, 1.82) is 0 Å². The molecular weight excluding hydrogens is 325 g/mol. The highest BCUT2D eigenvalue weighted by Gasteiger charge is 2.08. The average Bonchev–Trinajstić information content (AvgIpc) is 3.03. The van der Waals surface area contributed by atoms with Crippen molar-refractivity contribution >= 4 is 22.5 Å². The van der Waals surface area contributed by atoms with Gasteiger partial charge < -0.3 is 5.32 Å². The van der Waals surface area contributed by atoms with E-state index >= 15 is 0 Å². The lowest BCUT2D eigenvalue weighted by molar-refractivity contribution is 0.251. The molecule has 4 nitrogen and oxygen atoms in total. The lowest BCUT2D eigenvalue weighted by Gasteiger charge is -2.05. The first-order valence-corrected chi connectivity index (χ1v) is 8.30. The molecule has 1 aromatic heterocycles. The third-order valence-corrected chi connectivity index (χ3v) is 4.20. The predicted molar refractivity (Wildman–Crippen MR) is 94.5 cm³/mol. The fourth-order valence-electron chi connectivity index (χ4n) is 2.11. The summed E-state index contributed by atoms with van der Waals surface area (Å²) >= 11 is 1.37. The molecule has 6 heteroatoms. The Morgan fingerprint density at radius 1 is 1.12 bits per heavy atom. The number of aryl methyl sites for hydroxylation is 1. The van der Waals surface area contributed by atoms with Crippen molar-refractivity contribution in [3.63, 3.8) is 0 Å². The SMILES string of the molecule is Cc1ccc(-c2csc(NC(=O)NCc3ccc(F)cc3)n2)cc1. The predicted octanol–water partition coefficient (Wildman–Crippen LogP) is 4.58. The highest BCUT2D eigenvalue weighted by molar-refractivity contribution is 7.14. The number of urea groups is 1. The molecule has 24 heavy (non-hydrogen) atoms. The van der Waals surface area contributed by atoms with Gasteiger partial charge in [0.2, 0.25) is 0 Å². The van der Waals surface area contributed by atoms with Gasteiger partial charge in [-0.05, 0) is 24.6 Å². The minimum absolute atomic E-state index is 0.297. The molecule has 0 saturated carbocycles. The number of anilines is 1.